The molecule has 0 bridgehead atoms. The van der Waals surface area contributed by atoms with Crippen molar-refractivity contribution >= 4 is 37.3 Å². The van der Waals surface area contributed by atoms with Crippen LogP contribution in [0.1, 0.15) is 28.8 Å². The van der Waals surface area contributed by atoms with Crippen molar-refractivity contribution in [3.8, 4) is 0 Å². The Balaban J connectivity index is 1.87. The van der Waals surface area contributed by atoms with Gasteiger partial charge in [0.15, 0.2) is 0 Å². The number of aryl methyl sites for hydroxylation is 1. The van der Waals surface area contributed by atoms with E-state index >= 15 is 0 Å². The first-order valence-corrected chi connectivity index (χ1v) is 12.7. The number of carbonyl (C=O) groups excluding carboxylic acids is 1. The SMILES string of the molecule is Cc1ccc(C(=O)Nc2cccc(N(C)S(C)(=O)=O)c2)cc1S(=O)(=O)N1CCCC1. The Morgan fingerprint density at radius 3 is 2.33 bits per heavy atom. The smallest absolute Gasteiger partial charge is 0.255 e. The van der Waals surface area contributed by atoms with E-state index in [1.807, 2.05) is 0 Å². The van der Waals surface area contributed by atoms with E-state index in [1.165, 1.54) is 23.5 Å². The maximum Gasteiger partial charge on any atom is 0.255 e. The number of benzene rings is 2. The minimum atomic E-state index is -3.65. The van der Waals surface area contributed by atoms with Gasteiger partial charge in [-0.05, 0) is 55.7 Å². The predicted octanol–water partition coefficient (Wildman–Crippen LogP) is 2.43. The highest BCUT2D eigenvalue weighted by Gasteiger charge is 2.29. The molecule has 1 saturated heterocycles. The summed E-state index contributed by atoms with van der Waals surface area (Å²) >= 11 is 0. The van der Waals surface area contributed by atoms with Gasteiger partial charge in [-0.2, -0.15) is 4.31 Å². The monoisotopic (exact) mass is 451 g/mol. The second kappa shape index (κ2) is 8.37. The van der Waals surface area contributed by atoms with Crippen LogP contribution in [0.2, 0.25) is 0 Å². The van der Waals surface area contributed by atoms with Gasteiger partial charge in [-0.3, -0.25) is 9.10 Å². The molecule has 1 aliphatic heterocycles. The molecular weight excluding hydrogens is 426 g/mol. The summed E-state index contributed by atoms with van der Waals surface area (Å²) in [6.45, 7) is 2.67. The summed E-state index contributed by atoms with van der Waals surface area (Å²) in [6, 6.07) is 11.0. The van der Waals surface area contributed by atoms with Crippen molar-refractivity contribution in [1.29, 1.82) is 0 Å². The summed E-state index contributed by atoms with van der Waals surface area (Å²) < 4.78 is 51.9. The Bertz CT molecular complexity index is 1170. The van der Waals surface area contributed by atoms with Crippen LogP contribution in [0.25, 0.3) is 0 Å². The average molecular weight is 452 g/mol. The van der Waals surface area contributed by atoms with Crippen molar-refractivity contribution in [3.05, 3.63) is 53.6 Å². The first-order valence-electron chi connectivity index (χ1n) is 9.46. The van der Waals surface area contributed by atoms with Crippen molar-refractivity contribution in [2.45, 2.75) is 24.7 Å². The summed E-state index contributed by atoms with van der Waals surface area (Å²) in [5.74, 6) is -0.480. The lowest BCUT2D eigenvalue weighted by Gasteiger charge is -2.18. The zero-order chi connectivity index (χ0) is 22.1. The van der Waals surface area contributed by atoms with Crippen molar-refractivity contribution in [2.75, 3.05) is 36.0 Å². The molecule has 1 N–H and O–H groups in total. The third-order valence-electron chi connectivity index (χ3n) is 5.10. The van der Waals surface area contributed by atoms with Crippen molar-refractivity contribution in [3.63, 3.8) is 0 Å². The van der Waals surface area contributed by atoms with E-state index in [4.69, 9.17) is 0 Å². The zero-order valence-corrected chi connectivity index (χ0v) is 18.8. The molecule has 0 radical (unpaired) electrons. The van der Waals surface area contributed by atoms with Gasteiger partial charge in [-0.15, -0.1) is 0 Å². The predicted molar refractivity (Wildman–Crippen MR) is 117 cm³/mol. The second-order valence-corrected chi connectivity index (χ2v) is 11.2. The number of hydrogen-bond donors (Lipinski definition) is 1. The van der Waals surface area contributed by atoms with E-state index in [0.29, 0.717) is 30.0 Å². The molecule has 0 atom stereocenters. The van der Waals surface area contributed by atoms with E-state index in [0.717, 1.165) is 23.4 Å². The molecular formula is C20H25N3O5S2. The van der Waals surface area contributed by atoms with Crippen LogP contribution in [0.3, 0.4) is 0 Å². The molecule has 162 valence electrons. The van der Waals surface area contributed by atoms with Gasteiger partial charge in [0.05, 0.1) is 16.8 Å². The maximum atomic E-state index is 12.9. The molecule has 1 heterocycles. The van der Waals surface area contributed by atoms with Crippen LogP contribution >= 0.6 is 0 Å². The van der Waals surface area contributed by atoms with Crippen LogP contribution in [-0.2, 0) is 20.0 Å². The fraction of sp³-hybridized carbons (Fsp3) is 0.350. The van der Waals surface area contributed by atoms with E-state index < -0.39 is 26.0 Å². The summed E-state index contributed by atoms with van der Waals surface area (Å²) in [4.78, 5) is 12.9. The molecule has 3 rings (SSSR count). The highest BCUT2D eigenvalue weighted by Crippen LogP contribution is 2.26. The van der Waals surface area contributed by atoms with Crippen LogP contribution in [0.15, 0.2) is 47.4 Å². The van der Waals surface area contributed by atoms with Gasteiger partial charge in [0.2, 0.25) is 20.0 Å². The van der Waals surface area contributed by atoms with Gasteiger partial charge >= 0.3 is 0 Å². The standard InChI is InChI=1S/C20H25N3O5S2/c1-15-9-10-16(13-19(15)30(27,28)23-11-4-5-12-23)20(24)21-17-7-6-8-18(14-17)22(2)29(3,25)26/h6-10,13-14H,4-5,11-12H2,1-3H3,(H,21,24). The molecule has 2 aromatic carbocycles. The Morgan fingerprint density at radius 2 is 1.70 bits per heavy atom. The lowest BCUT2D eigenvalue weighted by molar-refractivity contribution is 0.102. The van der Waals surface area contributed by atoms with Crippen molar-refractivity contribution in [1.82, 2.24) is 4.31 Å². The topological polar surface area (TPSA) is 104 Å². The van der Waals surface area contributed by atoms with Crippen LogP contribution in [0.5, 0.6) is 0 Å². The third-order valence-corrected chi connectivity index (χ3v) is 8.34. The summed E-state index contributed by atoms with van der Waals surface area (Å²) in [5, 5.41) is 2.70. The number of amides is 1. The van der Waals surface area contributed by atoms with Crippen molar-refractivity contribution < 1.29 is 21.6 Å². The largest absolute Gasteiger partial charge is 0.322 e. The normalized spacial score (nSPS) is 15.2. The molecule has 0 aromatic heterocycles. The van der Waals surface area contributed by atoms with E-state index in [-0.39, 0.29) is 10.5 Å². The van der Waals surface area contributed by atoms with E-state index in [1.54, 1.807) is 37.3 Å². The highest BCUT2D eigenvalue weighted by molar-refractivity contribution is 7.92. The lowest BCUT2D eigenvalue weighted by Crippen LogP contribution is -2.28. The van der Waals surface area contributed by atoms with Crippen LogP contribution in [-0.4, -0.2) is 53.4 Å². The molecule has 0 unspecified atom stereocenters. The molecule has 1 fully saturated rings. The Kier molecular flexibility index (Phi) is 6.21. The number of anilines is 2. The molecule has 30 heavy (non-hydrogen) atoms. The van der Waals surface area contributed by atoms with E-state index in [9.17, 15) is 21.6 Å². The number of sulfonamides is 2. The summed E-state index contributed by atoms with van der Waals surface area (Å²) in [7, 11) is -5.67. The Labute approximate surface area is 177 Å². The fourth-order valence-electron chi connectivity index (χ4n) is 3.26. The minimum Gasteiger partial charge on any atom is -0.322 e. The minimum absolute atomic E-state index is 0.127. The number of hydrogen-bond acceptors (Lipinski definition) is 5. The second-order valence-electron chi connectivity index (χ2n) is 7.33. The van der Waals surface area contributed by atoms with Gasteiger partial charge in [0.1, 0.15) is 0 Å². The maximum absolute atomic E-state index is 12.9. The molecule has 0 aliphatic carbocycles. The first kappa shape index (κ1) is 22.3. The molecule has 2 aromatic rings. The number of nitrogens with zero attached hydrogens (tertiary/aromatic N) is 2. The lowest BCUT2D eigenvalue weighted by atomic mass is 10.1. The third kappa shape index (κ3) is 4.66. The first-order chi connectivity index (χ1) is 14.0. The quantitative estimate of drug-likeness (QED) is 0.726. The van der Waals surface area contributed by atoms with Gasteiger partial charge in [-0.1, -0.05) is 12.1 Å². The number of carbonyl (C=O) groups is 1. The molecule has 8 nitrogen and oxygen atoms in total. The zero-order valence-electron chi connectivity index (χ0n) is 17.1. The van der Waals surface area contributed by atoms with Crippen LogP contribution in [0.4, 0.5) is 11.4 Å². The van der Waals surface area contributed by atoms with Gasteiger partial charge in [0, 0.05) is 31.4 Å². The molecule has 1 aliphatic rings. The number of rotatable bonds is 6. The van der Waals surface area contributed by atoms with Crippen LogP contribution in [0, 0.1) is 6.92 Å². The van der Waals surface area contributed by atoms with Gasteiger partial charge < -0.3 is 5.32 Å². The average Bonchev–Trinajstić information content (AvgIpc) is 3.22. The van der Waals surface area contributed by atoms with Crippen molar-refractivity contribution in [2.24, 2.45) is 0 Å². The molecule has 10 heteroatoms. The van der Waals surface area contributed by atoms with Gasteiger partial charge in [0.25, 0.3) is 5.91 Å². The Morgan fingerprint density at radius 1 is 1.03 bits per heavy atom. The number of nitrogens with one attached hydrogen (secondary N) is 1. The summed E-state index contributed by atoms with van der Waals surface area (Å²) in [6.07, 6.45) is 2.75. The van der Waals surface area contributed by atoms with Gasteiger partial charge in [-0.25, -0.2) is 16.8 Å². The fourth-order valence-corrected chi connectivity index (χ4v) is 5.53. The van der Waals surface area contributed by atoms with Crippen LogP contribution < -0.4 is 9.62 Å². The summed E-state index contributed by atoms with van der Waals surface area (Å²) in [5.41, 5.74) is 1.59. The van der Waals surface area contributed by atoms with E-state index in [2.05, 4.69) is 5.32 Å². The molecule has 0 spiro atoms. The Hall–Kier alpha value is -2.43. The molecule has 0 saturated carbocycles. The highest BCUT2D eigenvalue weighted by atomic mass is 32.2. The molecule has 1 amide bonds.